The summed E-state index contributed by atoms with van der Waals surface area (Å²) in [5, 5.41) is 29.7. The van der Waals surface area contributed by atoms with Crippen molar-refractivity contribution in [3.05, 3.63) is 53.1 Å². The average Bonchev–Trinajstić information content (AvgIpc) is 2.68. The lowest BCUT2D eigenvalue weighted by molar-refractivity contribution is 0.0511. The van der Waals surface area contributed by atoms with Crippen LogP contribution in [0, 0.1) is 5.92 Å². The summed E-state index contributed by atoms with van der Waals surface area (Å²) in [6, 6.07) is 9.44. The number of fused-ring (bicyclic) bond motifs is 1. The second-order valence-electron chi connectivity index (χ2n) is 7.75. The fraction of sp³-hybridized carbons (Fsp3) is 0.409. The van der Waals surface area contributed by atoms with E-state index in [9.17, 15) is 20.1 Å². The van der Waals surface area contributed by atoms with Gasteiger partial charge in [0.2, 0.25) is 0 Å². The summed E-state index contributed by atoms with van der Waals surface area (Å²) in [4.78, 5) is 15.1. The fourth-order valence-electron chi connectivity index (χ4n) is 4.62. The highest BCUT2D eigenvalue weighted by molar-refractivity contribution is 5.94. The van der Waals surface area contributed by atoms with Crippen LogP contribution in [-0.2, 0) is 13.0 Å². The Kier molecular flexibility index (Phi) is 4.68. The number of hydrogen-bond donors (Lipinski definition) is 3. The minimum atomic E-state index is -0.0799. The summed E-state index contributed by atoms with van der Waals surface area (Å²) in [7, 11) is 0. The Morgan fingerprint density at radius 1 is 0.926 bits per heavy atom. The van der Waals surface area contributed by atoms with Crippen molar-refractivity contribution in [3.63, 3.8) is 0 Å². The van der Waals surface area contributed by atoms with Gasteiger partial charge in [-0.25, -0.2) is 0 Å². The lowest BCUT2D eigenvalue weighted by Crippen LogP contribution is -2.48. The van der Waals surface area contributed by atoms with Gasteiger partial charge < -0.3 is 20.2 Å². The molecular weight excluding hydrogens is 342 g/mol. The number of carbonyl (C=O) groups excluding carboxylic acids is 1. The largest absolute Gasteiger partial charge is 0.508 e. The van der Waals surface area contributed by atoms with E-state index in [4.69, 9.17) is 0 Å². The maximum atomic E-state index is 13.3. The molecule has 1 atom stereocenters. The molecule has 0 bridgehead atoms. The van der Waals surface area contributed by atoms with Gasteiger partial charge in [-0.15, -0.1) is 0 Å². The molecule has 0 spiro atoms. The zero-order valence-corrected chi connectivity index (χ0v) is 15.3. The van der Waals surface area contributed by atoms with Gasteiger partial charge in [-0.1, -0.05) is 19.3 Å². The maximum Gasteiger partial charge on any atom is 0.254 e. The molecule has 1 aliphatic heterocycles. The van der Waals surface area contributed by atoms with Gasteiger partial charge in [0.05, 0.1) is 6.54 Å². The van der Waals surface area contributed by atoms with Crippen LogP contribution >= 0.6 is 0 Å². The molecule has 1 amide bonds. The van der Waals surface area contributed by atoms with Crippen LogP contribution in [0.4, 0.5) is 0 Å². The lowest BCUT2D eigenvalue weighted by Gasteiger charge is -2.43. The maximum absolute atomic E-state index is 13.3. The van der Waals surface area contributed by atoms with E-state index in [1.54, 1.807) is 18.2 Å². The molecule has 1 aliphatic carbocycles. The number of rotatable bonds is 2. The van der Waals surface area contributed by atoms with Gasteiger partial charge in [0.15, 0.2) is 0 Å². The summed E-state index contributed by atoms with van der Waals surface area (Å²) in [6.07, 6.45) is 6.45. The number of phenolic OH excluding ortho intramolecular Hbond substituents is 3. The molecule has 2 aromatic carbocycles. The van der Waals surface area contributed by atoms with Crippen molar-refractivity contribution < 1.29 is 20.1 Å². The molecule has 2 aromatic rings. The van der Waals surface area contributed by atoms with Gasteiger partial charge in [0, 0.05) is 23.2 Å². The highest BCUT2D eigenvalue weighted by atomic mass is 16.3. The molecule has 1 fully saturated rings. The lowest BCUT2D eigenvalue weighted by atomic mass is 9.78. The third-order valence-corrected chi connectivity index (χ3v) is 6.03. The quantitative estimate of drug-likeness (QED) is 0.751. The van der Waals surface area contributed by atoms with Gasteiger partial charge >= 0.3 is 0 Å². The topological polar surface area (TPSA) is 81.0 Å². The minimum Gasteiger partial charge on any atom is -0.508 e. The standard InChI is InChI=1S/C22H25NO4/c24-17-8-6-15(7-9-17)22(27)23-13-19-16(10-18(25)12-21(19)26)11-20(23)14-4-2-1-3-5-14/h6-10,12,14,20,24-26H,1-5,11,13H2. The van der Waals surface area contributed by atoms with Crippen molar-refractivity contribution >= 4 is 5.91 Å². The number of amides is 1. The fourth-order valence-corrected chi connectivity index (χ4v) is 4.62. The van der Waals surface area contributed by atoms with Crippen molar-refractivity contribution in [1.82, 2.24) is 4.90 Å². The Balaban J connectivity index is 1.71. The van der Waals surface area contributed by atoms with Crippen molar-refractivity contribution in [2.45, 2.75) is 51.1 Å². The van der Waals surface area contributed by atoms with Crippen LogP contribution in [0.3, 0.4) is 0 Å². The molecule has 0 aromatic heterocycles. The molecule has 27 heavy (non-hydrogen) atoms. The monoisotopic (exact) mass is 367 g/mol. The van der Waals surface area contributed by atoms with Crippen molar-refractivity contribution in [3.8, 4) is 17.2 Å². The van der Waals surface area contributed by atoms with E-state index >= 15 is 0 Å². The van der Waals surface area contributed by atoms with Crippen LogP contribution in [0.25, 0.3) is 0 Å². The van der Waals surface area contributed by atoms with Crippen LogP contribution in [0.2, 0.25) is 0 Å². The molecule has 4 rings (SSSR count). The molecule has 3 N–H and O–H groups in total. The highest BCUT2D eigenvalue weighted by Gasteiger charge is 2.37. The Bertz CT molecular complexity index is 840. The Morgan fingerprint density at radius 3 is 2.33 bits per heavy atom. The molecule has 1 unspecified atom stereocenters. The summed E-state index contributed by atoms with van der Waals surface area (Å²) < 4.78 is 0. The number of hydrogen-bond acceptors (Lipinski definition) is 4. The third-order valence-electron chi connectivity index (χ3n) is 6.03. The summed E-state index contributed by atoms with van der Waals surface area (Å²) >= 11 is 0. The number of benzene rings is 2. The summed E-state index contributed by atoms with van der Waals surface area (Å²) in [6.45, 7) is 0.336. The molecule has 5 heteroatoms. The molecule has 1 heterocycles. The van der Waals surface area contributed by atoms with E-state index in [-0.39, 0.29) is 29.2 Å². The van der Waals surface area contributed by atoms with Crippen LogP contribution in [0.15, 0.2) is 36.4 Å². The van der Waals surface area contributed by atoms with Crippen LogP contribution in [0.1, 0.15) is 53.6 Å². The van der Waals surface area contributed by atoms with Gasteiger partial charge in [0.1, 0.15) is 17.2 Å². The van der Waals surface area contributed by atoms with Crippen LogP contribution < -0.4 is 0 Å². The Morgan fingerprint density at radius 2 is 1.63 bits per heavy atom. The van der Waals surface area contributed by atoms with Crippen molar-refractivity contribution in [2.24, 2.45) is 5.92 Å². The van der Waals surface area contributed by atoms with E-state index in [1.165, 1.54) is 37.5 Å². The van der Waals surface area contributed by atoms with Gasteiger partial charge in [0.25, 0.3) is 5.91 Å². The second kappa shape index (κ2) is 7.14. The van der Waals surface area contributed by atoms with Crippen molar-refractivity contribution in [1.29, 1.82) is 0 Å². The normalized spacial score (nSPS) is 20.3. The van der Waals surface area contributed by atoms with E-state index in [0.29, 0.717) is 30.0 Å². The van der Waals surface area contributed by atoms with E-state index in [2.05, 4.69) is 0 Å². The Hall–Kier alpha value is -2.69. The van der Waals surface area contributed by atoms with Gasteiger partial charge in [-0.2, -0.15) is 0 Å². The first kappa shape index (κ1) is 17.7. The number of phenols is 3. The first-order chi connectivity index (χ1) is 13.0. The van der Waals surface area contributed by atoms with Crippen molar-refractivity contribution in [2.75, 3.05) is 0 Å². The van der Waals surface area contributed by atoms with Gasteiger partial charge in [-0.05, 0) is 61.1 Å². The van der Waals surface area contributed by atoms with E-state index in [1.807, 2.05) is 4.90 Å². The molecule has 5 nitrogen and oxygen atoms in total. The molecule has 0 radical (unpaired) electrons. The predicted octanol–water partition coefficient (Wildman–Crippen LogP) is 3.95. The molecule has 1 saturated carbocycles. The number of aromatic hydroxyl groups is 3. The first-order valence-electron chi connectivity index (χ1n) is 9.66. The zero-order chi connectivity index (χ0) is 19.0. The number of nitrogens with zero attached hydrogens (tertiary/aromatic N) is 1. The van der Waals surface area contributed by atoms with Crippen LogP contribution in [0.5, 0.6) is 17.2 Å². The average molecular weight is 367 g/mol. The zero-order valence-electron chi connectivity index (χ0n) is 15.3. The van der Waals surface area contributed by atoms with Crippen LogP contribution in [-0.4, -0.2) is 32.2 Å². The SMILES string of the molecule is O=C(c1ccc(O)cc1)N1Cc2c(O)cc(O)cc2CC1C1CCCCC1. The highest BCUT2D eigenvalue weighted by Crippen LogP contribution is 2.39. The summed E-state index contributed by atoms with van der Waals surface area (Å²) in [5.41, 5.74) is 2.18. The third kappa shape index (κ3) is 3.46. The predicted molar refractivity (Wildman–Crippen MR) is 102 cm³/mol. The smallest absolute Gasteiger partial charge is 0.254 e. The molecule has 0 saturated heterocycles. The Labute approximate surface area is 158 Å². The molecule has 142 valence electrons. The van der Waals surface area contributed by atoms with E-state index in [0.717, 1.165) is 18.4 Å². The molecular formula is C22H25NO4. The minimum absolute atomic E-state index is 0.0376. The van der Waals surface area contributed by atoms with E-state index < -0.39 is 0 Å². The summed E-state index contributed by atoms with van der Waals surface area (Å²) in [5.74, 6) is 0.580. The second-order valence-corrected chi connectivity index (χ2v) is 7.75. The first-order valence-corrected chi connectivity index (χ1v) is 9.66. The number of carbonyl (C=O) groups is 1. The van der Waals surface area contributed by atoms with Gasteiger partial charge in [-0.3, -0.25) is 4.79 Å². The molecule has 2 aliphatic rings.